The summed E-state index contributed by atoms with van der Waals surface area (Å²) in [7, 11) is 3.73. The Kier molecular flexibility index (Phi) is 6.10. The molecule has 1 rings (SSSR count). The molecule has 1 fully saturated rings. The number of methoxy groups -OCH3 is 1. The fraction of sp³-hybridized carbons (Fsp3) is 1.00. The number of hydrogen-bond acceptors (Lipinski definition) is 4. The minimum atomic E-state index is 0.429. The minimum absolute atomic E-state index is 0.429. The van der Waals surface area contributed by atoms with Crippen LogP contribution >= 0.6 is 0 Å². The van der Waals surface area contributed by atoms with Crippen molar-refractivity contribution < 1.29 is 9.47 Å². The highest BCUT2D eigenvalue weighted by molar-refractivity contribution is 4.71. The highest BCUT2D eigenvalue weighted by atomic mass is 16.5. The van der Waals surface area contributed by atoms with Crippen LogP contribution in [0.1, 0.15) is 6.42 Å². The third-order valence-electron chi connectivity index (χ3n) is 2.57. The first kappa shape index (κ1) is 11.9. The maximum absolute atomic E-state index is 5.41. The highest BCUT2D eigenvalue weighted by Crippen LogP contribution is 2.00. The van der Waals surface area contributed by atoms with Crippen molar-refractivity contribution in [2.45, 2.75) is 12.5 Å². The van der Waals surface area contributed by atoms with Gasteiger partial charge in [-0.1, -0.05) is 0 Å². The Bertz CT molecular complexity index is 136. The fourth-order valence-electron chi connectivity index (χ4n) is 1.72. The number of hydrogen-bond donors (Lipinski definition) is 1. The second kappa shape index (κ2) is 7.17. The molecule has 1 N–H and O–H groups in total. The molecule has 1 saturated heterocycles. The van der Waals surface area contributed by atoms with E-state index < -0.39 is 0 Å². The summed E-state index contributed by atoms with van der Waals surface area (Å²) in [5.74, 6) is 0. The molecular formula is C10H22N2O2. The molecule has 1 heterocycles. The van der Waals surface area contributed by atoms with Crippen molar-refractivity contribution >= 4 is 0 Å². The zero-order valence-electron chi connectivity index (χ0n) is 9.29. The minimum Gasteiger partial charge on any atom is -0.383 e. The van der Waals surface area contributed by atoms with Gasteiger partial charge in [-0.25, -0.2) is 0 Å². The summed E-state index contributed by atoms with van der Waals surface area (Å²) in [6.45, 7) is 5.78. The Balaban J connectivity index is 2.24. The number of likely N-dealkylation sites (N-methyl/N-ethyl adjacent to an activating group) is 1. The lowest BCUT2D eigenvalue weighted by Crippen LogP contribution is -2.43. The first-order chi connectivity index (χ1) is 6.86. The van der Waals surface area contributed by atoms with Crippen molar-refractivity contribution in [3.05, 3.63) is 0 Å². The smallest absolute Gasteiger partial charge is 0.0628 e. The standard InChI is InChI=1S/C10H22N2O2/c1-11-10(9-13-2)8-12-4-3-6-14-7-5-12/h10-11H,3-9H2,1-2H3. The zero-order valence-corrected chi connectivity index (χ0v) is 9.29. The molecule has 0 aromatic carbocycles. The van der Waals surface area contributed by atoms with E-state index in [0.29, 0.717) is 6.04 Å². The highest BCUT2D eigenvalue weighted by Gasteiger charge is 2.14. The van der Waals surface area contributed by atoms with E-state index in [4.69, 9.17) is 9.47 Å². The molecule has 0 amide bonds. The summed E-state index contributed by atoms with van der Waals surface area (Å²) in [5, 5.41) is 3.26. The molecule has 4 nitrogen and oxygen atoms in total. The van der Waals surface area contributed by atoms with Crippen LogP contribution in [0.15, 0.2) is 0 Å². The quantitative estimate of drug-likeness (QED) is 0.677. The maximum Gasteiger partial charge on any atom is 0.0628 e. The van der Waals surface area contributed by atoms with Gasteiger partial charge in [0.15, 0.2) is 0 Å². The van der Waals surface area contributed by atoms with Crippen molar-refractivity contribution in [3.8, 4) is 0 Å². The molecule has 4 heteroatoms. The monoisotopic (exact) mass is 202 g/mol. The van der Waals surface area contributed by atoms with Crippen molar-refractivity contribution in [2.24, 2.45) is 0 Å². The summed E-state index contributed by atoms with van der Waals surface area (Å²) < 4.78 is 10.6. The average molecular weight is 202 g/mol. The Labute approximate surface area is 86.6 Å². The third-order valence-corrected chi connectivity index (χ3v) is 2.57. The fourth-order valence-corrected chi connectivity index (χ4v) is 1.72. The summed E-state index contributed by atoms with van der Waals surface area (Å²) in [5.41, 5.74) is 0. The van der Waals surface area contributed by atoms with E-state index in [9.17, 15) is 0 Å². The van der Waals surface area contributed by atoms with E-state index >= 15 is 0 Å². The molecule has 14 heavy (non-hydrogen) atoms. The van der Waals surface area contributed by atoms with Crippen LogP contribution in [0.3, 0.4) is 0 Å². The van der Waals surface area contributed by atoms with E-state index in [1.807, 2.05) is 7.05 Å². The number of nitrogens with one attached hydrogen (secondary N) is 1. The van der Waals surface area contributed by atoms with E-state index in [1.165, 1.54) is 0 Å². The summed E-state index contributed by atoms with van der Waals surface area (Å²) in [6.07, 6.45) is 1.14. The van der Waals surface area contributed by atoms with Crippen LogP contribution in [-0.4, -0.2) is 64.6 Å². The molecule has 0 saturated carbocycles. The summed E-state index contributed by atoms with van der Waals surface area (Å²) >= 11 is 0. The molecule has 1 aliphatic rings. The topological polar surface area (TPSA) is 33.7 Å². The lowest BCUT2D eigenvalue weighted by molar-refractivity contribution is 0.125. The molecule has 0 radical (unpaired) electrons. The second-order valence-electron chi connectivity index (χ2n) is 3.71. The Morgan fingerprint density at radius 1 is 1.43 bits per heavy atom. The zero-order chi connectivity index (χ0) is 10.2. The van der Waals surface area contributed by atoms with Gasteiger partial charge in [0, 0.05) is 39.4 Å². The molecule has 0 aliphatic carbocycles. The number of rotatable bonds is 5. The molecule has 1 atom stereocenters. The van der Waals surface area contributed by atoms with Crippen LogP contribution in [0, 0.1) is 0 Å². The first-order valence-electron chi connectivity index (χ1n) is 5.33. The molecule has 0 spiro atoms. The van der Waals surface area contributed by atoms with Gasteiger partial charge in [-0.05, 0) is 13.5 Å². The van der Waals surface area contributed by atoms with Crippen LogP contribution in [0.4, 0.5) is 0 Å². The molecule has 0 aromatic heterocycles. The normalized spacial score (nSPS) is 21.9. The Hall–Kier alpha value is -0.160. The molecule has 1 aliphatic heterocycles. The molecular weight excluding hydrogens is 180 g/mol. The van der Waals surface area contributed by atoms with Gasteiger partial charge in [0.25, 0.3) is 0 Å². The SMILES string of the molecule is CNC(COC)CN1CCCOCC1. The predicted octanol–water partition coefficient (Wildman–Crippen LogP) is -0.0569. The largest absolute Gasteiger partial charge is 0.383 e. The van der Waals surface area contributed by atoms with Gasteiger partial charge in [-0.3, -0.25) is 4.90 Å². The van der Waals surface area contributed by atoms with Crippen LogP contribution in [0.2, 0.25) is 0 Å². The van der Waals surface area contributed by atoms with Gasteiger partial charge in [0.2, 0.25) is 0 Å². The van der Waals surface area contributed by atoms with E-state index in [1.54, 1.807) is 7.11 Å². The Morgan fingerprint density at radius 2 is 2.29 bits per heavy atom. The van der Waals surface area contributed by atoms with Gasteiger partial charge in [-0.15, -0.1) is 0 Å². The van der Waals surface area contributed by atoms with Crippen molar-refractivity contribution in [1.82, 2.24) is 10.2 Å². The van der Waals surface area contributed by atoms with Gasteiger partial charge < -0.3 is 14.8 Å². The molecule has 1 unspecified atom stereocenters. The Morgan fingerprint density at radius 3 is 3.00 bits per heavy atom. The van der Waals surface area contributed by atoms with Gasteiger partial charge in [0.05, 0.1) is 13.2 Å². The number of ether oxygens (including phenoxy) is 2. The van der Waals surface area contributed by atoms with E-state index in [-0.39, 0.29) is 0 Å². The van der Waals surface area contributed by atoms with Crippen molar-refractivity contribution in [3.63, 3.8) is 0 Å². The lowest BCUT2D eigenvalue weighted by atomic mass is 10.2. The van der Waals surface area contributed by atoms with Gasteiger partial charge in [0.1, 0.15) is 0 Å². The lowest BCUT2D eigenvalue weighted by Gasteiger charge is -2.24. The summed E-state index contributed by atoms with van der Waals surface area (Å²) in [6, 6.07) is 0.429. The van der Waals surface area contributed by atoms with Gasteiger partial charge in [-0.2, -0.15) is 0 Å². The van der Waals surface area contributed by atoms with Gasteiger partial charge >= 0.3 is 0 Å². The molecule has 84 valence electrons. The van der Waals surface area contributed by atoms with E-state index in [0.717, 1.165) is 45.9 Å². The van der Waals surface area contributed by atoms with Crippen molar-refractivity contribution in [2.75, 3.05) is 53.6 Å². The van der Waals surface area contributed by atoms with E-state index in [2.05, 4.69) is 10.2 Å². The molecule has 0 aromatic rings. The average Bonchev–Trinajstić information content (AvgIpc) is 2.45. The maximum atomic E-state index is 5.41. The second-order valence-corrected chi connectivity index (χ2v) is 3.71. The molecule has 0 bridgehead atoms. The van der Waals surface area contributed by atoms with Crippen molar-refractivity contribution in [1.29, 1.82) is 0 Å². The third kappa shape index (κ3) is 4.37. The van der Waals surface area contributed by atoms with Crippen LogP contribution in [-0.2, 0) is 9.47 Å². The first-order valence-corrected chi connectivity index (χ1v) is 5.33. The number of nitrogens with zero attached hydrogens (tertiary/aromatic N) is 1. The summed E-state index contributed by atoms with van der Waals surface area (Å²) in [4.78, 5) is 2.44. The van der Waals surface area contributed by atoms with Crippen LogP contribution < -0.4 is 5.32 Å². The predicted molar refractivity (Wildman–Crippen MR) is 56.6 cm³/mol. The van der Waals surface area contributed by atoms with Crippen LogP contribution in [0.5, 0.6) is 0 Å². The van der Waals surface area contributed by atoms with Crippen LogP contribution in [0.25, 0.3) is 0 Å².